The van der Waals surface area contributed by atoms with Crippen LogP contribution < -0.4 is 4.57 Å². The molecule has 0 saturated carbocycles. The Morgan fingerprint density at radius 3 is 2.15 bits per heavy atom. The Hall–Kier alpha value is -2.16. The first kappa shape index (κ1) is 18.6. The third-order valence-corrected chi connectivity index (χ3v) is 5.07. The van der Waals surface area contributed by atoms with Crippen molar-refractivity contribution in [1.82, 2.24) is 9.97 Å². The normalized spacial score (nSPS) is 11.3. The Balaban J connectivity index is 1.39. The van der Waals surface area contributed by atoms with Crippen LogP contribution in [0.5, 0.6) is 0 Å². The van der Waals surface area contributed by atoms with Crippen molar-refractivity contribution >= 4 is 11.0 Å². The topological polar surface area (TPSA) is 32.6 Å². The summed E-state index contributed by atoms with van der Waals surface area (Å²) in [5.41, 5.74) is 3.26. The summed E-state index contributed by atoms with van der Waals surface area (Å²) in [5.74, 6) is 0.946. The van der Waals surface area contributed by atoms with Gasteiger partial charge in [0.1, 0.15) is 12.4 Å². The van der Waals surface area contributed by atoms with Crippen LogP contribution in [0.25, 0.3) is 22.4 Å². The highest BCUT2D eigenvalue weighted by Gasteiger charge is 2.07. The fraction of sp³-hybridized carbons (Fsp3) is 0.478. The van der Waals surface area contributed by atoms with E-state index in [0.29, 0.717) is 0 Å². The van der Waals surface area contributed by atoms with Crippen molar-refractivity contribution in [1.29, 1.82) is 0 Å². The van der Waals surface area contributed by atoms with Crippen molar-refractivity contribution in [3.8, 4) is 11.4 Å². The van der Waals surface area contributed by atoms with Gasteiger partial charge in [-0.15, -0.1) is 0 Å². The van der Waals surface area contributed by atoms with Crippen LogP contribution in [0.1, 0.15) is 64.7 Å². The third kappa shape index (κ3) is 5.42. The van der Waals surface area contributed by atoms with Crippen LogP contribution in [0.3, 0.4) is 0 Å². The first-order valence-corrected chi connectivity index (χ1v) is 10.3. The Kier molecular flexibility index (Phi) is 7.24. The molecular formula is C23H32N3+. The Bertz CT molecular complexity index is 741. The molecule has 3 heteroatoms. The third-order valence-electron chi connectivity index (χ3n) is 5.07. The van der Waals surface area contributed by atoms with Crippen LogP contribution in [-0.2, 0) is 6.54 Å². The molecule has 0 saturated heterocycles. The molecule has 3 rings (SSSR count). The van der Waals surface area contributed by atoms with E-state index in [1.807, 2.05) is 18.2 Å². The number of unbranched alkanes of at least 4 members (excludes halogenated alkanes) is 8. The minimum atomic E-state index is 0.946. The average Bonchev–Trinajstić information content (AvgIpc) is 3.11. The number of hydrogen-bond acceptors (Lipinski definition) is 1. The number of hydrogen-bond donors (Lipinski definition) is 1. The zero-order chi connectivity index (χ0) is 18.0. The van der Waals surface area contributed by atoms with Gasteiger partial charge in [0.05, 0.1) is 11.0 Å². The summed E-state index contributed by atoms with van der Waals surface area (Å²) in [6, 6.07) is 12.5. The van der Waals surface area contributed by atoms with E-state index in [9.17, 15) is 0 Å². The number of rotatable bonds is 11. The number of fused-ring (bicyclic) bond motifs is 1. The van der Waals surface area contributed by atoms with Crippen molar-refractivity contribution < 1.29 is 4.57 Å². The van der Waals surface area contributed by atoms with Gasteiger partial charge in [-0.3, -0.25) is 0 Å². The maximum atomic E-state index is 4.67. The summed E-state index contributed by atoms with van der Waals surface area (Å²) >= 11 is 0. The van der Waals surface area contributed by atoms with Crippen LogP contribution in [0.15, 0.2) is 48.8 Å². The minimum absolute atomic E-state index is 0.946. The van der Waals surface area contributed by atoms with E-state index in [1.165, 1.54) is 57.8 Å². The van der Waals surface area contributed by atoms with Gasteiger partial charge in [-0.1, -0.05) is 64.0 Å². The summed E-state index contributed by atoms with van der Waals surface area (Å²) in [7, 11) is 0. The fourth-order valence-electron chi connectivity index (χ4n) is 3.46. The molecular weight excluding hydrogens is 318 g/mol. The van der Waals surface area contributed by atoms with E-state index in [-0.39, 0.29) is 0 Å². The second-order valence-electron chi connectivity index (χ2n) is 7.26. The van der Waals surface area contributed by atoms with E-state index in [0.717, 1.165) is 29.0 Å². The highest BCUT2D eigenvalue weighted by molar-refractivity contribution is 5.78. The molecule has 3 aromatic rings. The molecule has 2 aromatic heterocycles. The lowest BCUT2D eigenvalue weighted by atomic mass is 10.1. The smallest absolute Gasteiger partial charge is 0.169 e. The molecule has 0 unspecified atom stereocenters. The monoisotopic (exact) mass is 350 g/mol. The molecule has 1 N–H and O–H groups in total. The first-order valence-electron chi connectivity index (χ1n) is 10.3. The second kappa shape index (κ2) is 10.1. The van der Waals surface area contributed by atoms with E-state index in [4.69, 9.17) is 0 Å². The van der Waals surface area contributed by atoms with E-state index in [2.05, 4.69) is 52.1 Å². The summed E-state index contributed by atoms with van der Waals surface area (Å²) in [6.45, 7) is 3.39. The molecule has 0 bridgehead atoms. The van der Waals surface area contributed by atoms with Crippen LogP contribution in [0.4, 0.5) is 0 Å². The predicted molar refractivity (Wildman–Crippen MR) is 109 cm³/mol. The highest BCUT2D eigenvalue weighted by Crippen LogP contribution is 2.19. The lowest BCUT2D eigenvalue weighted by Gasteiger charge is -2.01. The number of aromatic amines is 1. The standard InChI is InChI=1S/C23H31N3/c1-2-3-4-5-6-7-8-9-12-17-26-18-15-20(16-19-26)23-24-21-13-10-11-14-22(21)25-23/h10-11,13-16,18-19H,2-9,12,17H2,1H3/p+1. The predicted octanol–water partition coefficient (Wildman–Crippen LogP) is 6.05. The summed E-state index contributed by atoms with van der Waals surface area (Å²) < 4.78 is 2.29. The molecule has 2 heterocycles. The average molecular weight is 351 g/mol. The molecule has 0 spiro atoms. The van der Waals surface area contributed by atoms with Gasteiger partial charge in [-0.25, -0.2) is 9.55 Å². The van der Waals surface area contributed by atoms with Gasteiger partial charge in [0.15, 0.2) is 12.4 Å². The molecule has 26 heavy (non-hydrogen) atoms. The zero-order valence-corrected chi connectivity index (χ0v) is 16.1. The molecule has 0 aliphatic heterocycles. The second-order valence-corrected chi connectivity index (χ2v) is 7.26. The van der Waals surface area contributed by atoms with Crippen LogP contribution >= 0.6 is 0 Å². The quantitative estimate of drug-likeness (QED) is 0.331. The molecule has 0 aliphatic rings. The molecule has 138 valence electrons. The summed E-state index contributed by atoms with van der Waals surface area (Å²) in [6.07, 6.45) is 16.7. The Morgan fingerprint density at radius 1 is 0.808 bits per heavy atom. The van der Waals surface area contributed by atoms with Gasteiger partial charge in [0.25, 0.3) is 0 Å². The minimum Gasteiger partial charge on any atom is -0.338 e. The van der Waals surface area contributed by atoms with Crippen LogP contribution in [0.2, 0.25) is 0 Å². The number of benzene rings is 1. The van der Waals surface area contributed by atoms with Gasteiger partial charge < -0.3 is 4.98 Å². The maximum absolute atomic E-state index is 4.67. The van der Waals surface area contributed by atoms with Crippen molar-refractivity contribution in [3.63, 3.8) is 0 Å². The van der Waals surface area contributed by atoms with Gasteiger partial charge >= 0.3 is 0 Å². The molecule has 0 aliphatic carbocycles. The molecule has 0 amide bonds. The van der Waals surface area contributed by atoms with Crippen molar-refractivity contribution in [3.05, 3.63) is 48.8 Å². The van der Waals surface area contributed by atoms with Crippen molar-refractivity contribution in [2.75, 3.05) is 0 Å². The summed E-state index contributed by atoms with van der Waals surface area (Å²) in [4.78, 5) is 8.07. The number of aromatic nitrogens is 3. The molecule has 3 nitrogen and oxygen atoms in total. The lowest BCUT2D eigenvalue weighted by molar-refractivity contribution is -0.697. The molecule has 0 radical (unpaired) electrons. The first-order chi connectivity index (χ1) is 12.9. The van der Waals surface area contributed by atoms with E-state index < -0.39 is 0 Å². The fourth-order valence-corrected chi connectivity index (χ4v) is 3.46. The van der Waals surface area contributed by atoms with Crippen LogP contribution in [0, 0.1) is 0 Å². The maximum Gasteiger partial charge on any atom is 0.169 e. The number of H-pyrrole nitrogens is 1. The highest BCUT2D eigenvalue weighted by atomic mass is 14.9. The lowest BCUT2D eigenvalue weighted by Crippen LogP contribution is -2.32. The zero-order valence-electron chi connectivity index (χ0n) is 16.1. The van der Waals surface area contributed by atoms with Crippen molar-refractivity contribution in [2.24, 2.45) is 0 Å². The van der Waals surface area contributed by atoms with E-state index >= 15 is 0 Å². The van der Waals surface area contributed by atoms with Gasteiger partial charge in [-0.05, 0) is 18.6 Å². The number of pyridine rings is 1. The summed E-state index contributed by atoms with van der Waals surface area (Å²) in [5, 5.41) is 0. The Labute approximate surface area is 157 Å². The van der Waals surface area contributed by atoms with Crippen LogP contribution in [-0.4, -0.2) is 9.97 Å². The Morgan fingerprint density at radius 2 is 1.46 bits per heavy atom. The number of imidazole rings is 1. The largest absolute Gasteiger partial charge is 0.338 e. The molecule has 0 atom stereocenters. The number of aryl methyl sites for hydroxylation is 1. The van der Waals surface area contributed by atoms with E-state index in [1.54, 1.807) is 0 Å². The SMILES string of the molecule is CCCCCCCCCCC[n+]1ccc(-c2nc3ccccc3[nH]2)cc1. The molecule has 1 aromatic carbocycles. The van der Waals surface area contributed by atoms with Crippen molar-refractivity contribution in [2.45, 2.75) is 71.3 Å². The van der Waals surface area contributed by atoms with Gasteiger partial charge in [0.2, 0.25) is 0 Å². The number of nitrogens with zero attached hydrogens (tertiary/aromatic N) is 2. The molecule has 0 fully saturated rings. The van der Waals surface area contributed by atoms with Gasteiger partial charge in [-0.2, -0.15) is 0 Å². The number of para-hydroxylation sites is 2. The van der Waals surface area contributed by atoms with Gasteiger partial charge in [0, 0.05) is 24.1 Å². The number of nitrogens with one attached hydrogen (secondary N) is 1.